The second-order valence-electron chi connectivity index (χ2n) is 5.48. The molecular formula is C16H14N2O3. The second kappa shape index (κ2) is 4.22. The molecular weight excluding hydrogens is 268 g/mol. The average Bonchev–Trinajstić information content (AvgIpc) is 3.20. The molecule has 0 spiro atoms. The fourth-order valence-electron chi connectivity index (χ4n) is 2.70. The number of para-hydroxylation sites is 1. The maximum Gasteiger partial charge on any atom is 0.345 e. The topological polar surface area (TPSA) is 64.2 Å². The Labute approximate surface area is 120 Å². The molecule has 3 aromatic rings. The van der Waals surface area contributed by atoms with Crippen molar-refractivity contribution in [2.75, 3.05) is 0 Å². The van der Waals surface area contributed by atoms with Crippen LogP contribution in [0.2, 0.25) is 0 Å². The molecule has 2 aromatic heterocycles. The Morgan fingerprint density at radius 3 is 2.81 bits per heavy atom. The third-order valence-corrected chi connectivity index (χ3v) is 3.94. The van der Waals surface area contributed by atoms with Gasteiger partial charge in [-0.1, -0.05) is 12.1 Å². The van der Waals surface area contributed by atoms with Gasteiger partial charge in [-0.25, -0.2) is 4.79 Å². The van der Waals surface area contributed by atoms with Crippen molar-refractivity contribution in [1.82, 2.24) is 9.88 Å². The van der Waals surface area contributed by atoms with Crippen LogP contribution in [0, 0.1) is 0 Å². The van der Waals surface area contributed by atoms with Crippen LogP contribution < -0.4 is 10.9 Å². The lowest BCUT2D eigenvalue weighted by atomic mass is 10.2. The molecule has 1 aliphatic rings. The molecule has 1 fully saturated rings. The molecule has 2 heterocycles. The first kappa shape index (κ1) is 12.2. The molecule has 5 heteroatoms. The molecule has 1 amide bonds. The summed E-state index contributed by atoms with van der Waals surface area (Å²) < 4.78 is 7.09. The van der Waals surface area contributed by atoms with Gasteiger partial charge >= 0.3 is 5.63 Å². The number of nitrogens with zero attached hydrogens (tertiary/aromatic N) is 1. The summed E-state index contributed by atoms with van der Waals surface area (Å²) in [5.74, 6) is -0.139. The minimum absolute atomic E-state index is 0.139. The molecule has 0 bridgehead atoms. The predicted molar refractivity (Wildman–Crippen MR) is 79.4 cm³/mol. The lowest BCUT2D eigenvalue weighted by Crippen LogP contribution is -2.27. The summed E-state index contributed by atoms with van der Waals surface area (Å²) in [6.07, 6.45) is 2.06. The van der Waals surface area contributed by atoms with E-state index in [2.05, 4.69) is 5.32 Å². The Kier molecular flexibility index (Phi) is 2.45. The molecule has 1 aromatic carbocycles. The molecule has 1 N–H and O–H groups in total. The van der Waals surface area contributed by atoms with Gasteiger partial charge in [0.05, 0.1) is 10.9 Å². The number of carbonyl (C=O) groups excluding carboxylic acids is 1. The molecule has 5 nitrogen and oxygen atoms in total. The summed E-state index contributed by atoms with van der Waals surface area (Å²) in [6.45, 7) is 0. The van der Waals surface area contributed by atoms with E-state index < -0.39 is 5.63 Å². The van der Waals surface area contributed by atoms with Crippen LogP contribution in [-0.4, -0.2) is 16.5 Å². The first-order valence-electron chi connectivity index (χ1n) is 6.97. The van der Waals surface area contributed by atoms with Gasteiger partial charge in [-0.3, -0.25) is 4.79 Å². The fraction of sp³-hybridized carbons (Fsp3) is 0.250. The zero-order chi connectivity index (χ0) is 14.6. The number of nitrogens with one attached hydrogen (secondary N) is 1. The van der Waals surface area contributed by atoms with Crippen LogP contribution in [0.5, 0.6) is 0 Å². The third-order valence-electron chi connectivity index (χ3n) is 3.94. The molecule has 1 saturated carbocycles. The standard InChI is InChI=1S/C16H14N2O3/c1-18-12(15(19)17-9-6-7-9)8-11-14(18)10-4-2-3-5-13(10)21-16(11)20/h2-5,8-9H,6-7H2,1H3,(H,17,19). The highest BCUT2D eigenvalue weighted by Crippen LogP contribution is 2.26. The van der Waals surface area contributed by atoms with Gasteiger partial charge in [0.2, 0.25) is 0 Å². The number of benzene rings is 1. The number of rotatable bonds is 2. The maximum absolute atomic E-state index is 12.3. The van der Waals surface area contributed by atoms with E-state index in [9.17, 15) is 9.59 Å². The van der Waals surface area contributed by atoms with Gasteiger partial charge in [0.1, 0.15) is 11.3 Å². The SMILES string of the molecule is Cn1c(C(=O)NC2CC2)cc2c(=O)oc3ccccc3c21. The quantitative estimate of drug-likeness (QED) is 0.733. The van der Waals surface area contributed by atoms with Crippen molar-refractivity contribution < 1.29 is 9.21 Å². The highest BCUT2D eigenvalue weighted by molar-refractivity contribution is 6.07. The Hall–Kier alpha value is -2.56. The summed E-state index contributed by atoms with van der Waals surface area (Å²) in [7, 11) is 1.80. The number of aryl methyl sites for hydroxylation is 1. The van der Waals surface area contributed by atoms with Crippen molar-refractivity contribution in [3.8, 4) is 0 Å². The van der Waals surface area contributed by atoms with E-state index in [0.29, 0.717) is 16.7 Å². The van der Waals surface area contributed by atoms with Gasteiger partial charge in [-0.2, -0.15) is 0 Å². The van der Waals surface area contributed by atoms with E-state index in [1.165, 1.54) is 0 Å². The summed E-state index contributed by atoms with van der Waals surface area (Å²) in [5.41, 5.74) is 1.35. The molecule has 0 unspecified atom stereocenters. The van der Waals surface area contributed by atoms with Crippen molar-refractivity contribution in [3.63, 3.8) is 0 Å². The van der Waals surface area contributed by atoms with E-state index >= 15 is 0 Å². The number of hydrogen-bond acceptors (Lipinski definition) is 3. The van der Waals surface area contributed by atoms with Crippen molar-refractivity contribution in [2.24, 2.45) is 7.05 Å². The minimum atomic E-state index is -0.412. The second-order valence-corrected chi connectivity index (χ2v) is 5.48. The highest BCUT2D eigenvalue weighted by Gasteiger charge is 2.26. The van der Waals surface area contributed by atoms with Gasteiger partial charge in [-0.15, -0.1) is 0 Å². The van der Waals surface area contributed by atoms with Gasteiger partial charge < -0.3 is 14.3 Å². The predicted octanol–water partition coefficient (Wildman–Crippen LogP) is 2.18. The molecule has 0 saturated heterocycles. The highest BCUT2D eigenvalue weighted by atomic mass is 16.4. The normalized spacial score (nSPS) is 14.7. The number of aromatic nitrogens is 1. The van der Waals surface area contributed by atoms with Crippen LogP contribution in [0.15, 0.2) is 39.5 Å². The minimum Gasteiger partial charge on any atom is -0.422 e. The molecule has 1 aliphatic carbocycles. The van der Waals surface area contributed by atoms with E-state index in [1.807, 2.05) is 18.2 Å². The average molecular weight is 282 g/mol. The molecule has 0 aliphatic heterocycles. The lowest BCUT2D eigenvalue weighted by Gasteiger charge is -2.06. The van der Waals surface area contributed by atoms with Crippen LogP contribution in [-0.2, 0) is 7.05 Å². The van der Waals surface area contributed by atoms with Gasteiger partial charge in [0, 0.05) is 18.5 Å². The largest absolute Gasteiger partial charge is 0.422 e. The monoisotopic (exact) mass is 282 g/mol. The lowest BCUT2D eigenvalue weighted by molar-refractivity contribution is 0.0943. The van der Waals surface area contributed by atoms with E-state index in [4.69, 9.17) is 4.42 Å². The van der Waals surface area contributed by atoms with E-state index in [1.54, 1.807) is 23.7 Å². The van der Waals surface area contributed by atoms with Crippen LogP contribution in [0.1, 0.15) is 23.3 Å². The van der Waals surface area contributed by atoms with Crippen molar-refractivity contribution in [3.05, 3.63) is 46.4 Å². The van der Waals surface area contributed by atoms with Crippen LogP contribution >= 0.6 is 0 Å². The first-order valence-corrected chi connectivity index (χ1v) is 6.97. The maximum atomic E-state index is 12.3. The Morgan fingerprint density at radius 1 is 1.29 bits per heavy atom. The van der Waals surface area contributed by atoms with E-state index in [-0.39, 0.29) is 11.9 Å². The molecule has 21 heavy (non-hydrogen) atoms. The smallest absolute Gasteiger partial charge is 0.345 e. The molecule has 4 rings (SSSR count). The number of fused-ring (bicyclic) bond motifs is 3. The fourth-order valence-corrected chi connectivity index (χ4v) is 2.70. The van der Waals surface area contributed by atoms with E-state index in [0.717, 1.165) is 23.7 Å². The Morgan fingerprint density at radius 2 is 2.05 bits per heavy atom. The van der Waals surface area contributed by atoms with Crippen LogP contribution in [0.4, 0.5) is 0 Å². The molecule has 0 radical (unpaired) electrons. The summed E-state index contributed by atoms with van der Waals surface area (Å²) in [4.78, 5) is 24.4. The zero-order valence-electron chi connectivity index (χ0n) is 11.6. The zero-order valence-corrected chi connectivity index (χ0v) is 11.6. The number of hydrogen-bond donors (Lipinski definition) is 1. The first-order chi connectivity index (χ1) is 10.1. The van der Waals surface area contributed by atoms with Gasteiger partial charge in [0.15, 0.2) is 0 Å². The summed E-state index contributed by atoms with van der Waals surface area (Å²) >= 11 is 0. The molecule has 0 atom stereocenters. The van der Waals surface area contributed by atoms with Crippen LogP contribution in [0.25, 0.3) is 21.9 Å². The van der Waals surface area contributed by atoms with Crippen LogP contribution in [0.3, 0.4) is 0 Å². The Bertz CT molecular complexity index is 932. The third kappa shape index (κ3) is 1.85. The van der Waals surface area contributed by atoms with Crippen molar-refractivity contribution in [1.29, 1.82) is 0 Å². The molecule has 106 valence electrons. The number of amides is 1. The summed E-state index contributed by atoms with van der Waals surface area (Å²) in [5, 5.41) is 4.22. The van der Waals surface area contributed by atoms with Gasteiger partial charge in [0.25, 0.3) is 5.91 Å². The Balaban J connectivity index is 2.00. The summed E-state index contributed by atoms with van der Waals surface area (Å²) in [6, 6.07) is 9.25. The number of carbonyl (C=O) groups is 1. The van der Waals surface area contributed by atoms with Gasteiger partial charge in [-0.05, 0) is 31.0 Å². The van der Waals surface area contributed by atoms with Crippen molar-refractivity contribution in [2.45, 2.75) is 18.9 Å². The van der Waals surface area contributed by atoms with Crippen molar-refractivity contribution >= 4 is 27.8 Å².